The number of hydrogen-bond acceptors (Lipinski definition) is 2. The normalized spacial score (nSPS) is 19.5. The van der Waals surface area contributed by atoms with Crippen LogP contribution in [0.3, 0.4) is 0 Å². The van der Waals surface area contributed by atoms with E-state index in [0.29, 0.717) is 10.7 Å². The zero-order valence-corrected chi connectivity index (χ0v) is 12.9. The molecule has 1 unspecified atom stereocenters. The van der Waals surface area contributed by atoms with E-state index in [1.165, 1.54) is 12.8 Å². The molecule has 2 aromatic rings. The maximum atomic E-state index is 13.0. The SMILES string of the molecule is CC1CCCCCN1C(=O)c1cc(Cl)nc2ccccc12. The predicted octanol–water partition coefficient (Wildman–Crippen LogP) is 4.29. The largest absolute Gasteiger partial charge is 0.336 e. The van der Waals surface area contributed by atoms with Crippen molar-refractivity contribution in [1.29, 1.82) is 0 Å². The molecule has 1 aromatic carbocycles. The van der Waals surface area contributed by atoms with E-state index in [9.17, 15) is 4.79 Å². The molecule has 0 aliphatic carbocycles. The first kappa shape index (κ1) is 14.3. The minimum Gasteiger partial charge on any atom is -0.336 e. The fraction of sp³-hybridized carbons (Fsp3) is 0.412. The van der Waals surface area contributed by atoms with Crippen LogP contribution in [0.1, 0.15) is 43.0 Å². The first-order chi connectivity index (χ1) is 10.2. The van der Waals surface area contributed by atoms with Crippen molar-refractivity contribution in [2.75, 3.05) is 6.54 Å². The number of fused-ring (bicyclic) bond motifs is 1. The highest BCUT2D eigenvalue weighted by molar-refractivity contribution is 6.30. The summed E-state index contributed by atoms with van der Waals surface area (Å²) in [7, 11) is 0. The number of para-hydroxylation sites is 1. The van der Waals surface area contributed by atoms with Gasteiger partial charge in [0.05, 0.1) is 11.1 Å². The van der Waals surface area contributed by atoms with Crippen molar-refractivity contribution in [1.82, 2.24) is 9.88 Å². The summed E-state index contributed by atoms with van der Waals surface area (Å²) >= 11 is 6.09. The fourth-order valence-electron chi connectivity index (χ4n) is 3.05. The van der Waals surface area contributed by atoms with Gasteiger partial charge < -0.3 is 4.90 Å². The fourth-order valence-corrected chi connectivity index (χ4v) is 3.25. The maximum absolute atomic E-state index is 13.0. The van der Waals surface area contributed by atoms with Crippen molar-refractivity contribution in [2.45, 2.75) is 38.6 Å². The lowest BCUT2D eigenvalue weighted by molar-refractivity contribution is 0.0700. The van der Waals surface area contributed by atoms with E-state index in [4.69, 9.17) is 11.6 Å². The van der Waals surface area contributed by atoms with Crippen LogP contribution >= 0.6 is 11.6 Å². The van der Waals surface area contributed by atoms with Crippen molar-refractivity contribution >= 4 is 28.4 Å². The molecule has 0 radical (unpaired) electrons. The second-order valence-corrected chi connectivity index (χ2v) is 6.09. The average molecular weight is 303 g/mol. The number of likely N-dealkylation sites (tertiary alicyclic amines) is 1. The summed E-state index contributed by atoms with van der Waals surface area (Å²) in [6.45, 7) is 2.96. The summed E-state index contributed by atoms with van der Waals surface area (Å²) in [5.41, 5.74) is 1.44. The van der Waals surface area contributed by atoms with Gasteiger partial charge in [0.1, 0.15) is 5.15 Å². The van der Waals surface area contributed by atoms with Gasteiger partial charge in [-0.1, -0.05) is 42.6 Å². The molecule has 110 valence electrons. The summed E-state index contributed by atoms with van der Waals surface area (Å²) in [4.78, 5) is 19.3. The predicted molar refractivity (Wildman–Crippen MR) is 85.7 cm³/mol. The number of carbonyl (C=O) groups is 1. The number of rotatable bonds is 1. The van der Waals surface area contributed by atoms with E-state index < -0.39 is 0 Å². The first-order valence-corrected chi connectivity index (χ1v) is 7.91. The summed E-state index contributed by atoms with van der Waals surface area (Å²) in [5, 5.41) is 1.25. The molecule has 2 heterocycles. The molecule has 0 saturated carbocycles. The Balaban J connectivity index is 2.04. The third-order valence-corrected chi connectivity index (χ3v) is 4.42. The summed E-state index contributed by atoms with van der Waals surface area (Å²) in [5.74, 6) is 0.0740. The molecular weight excluding hydrogens is 284 g/mol. The van der Waals surface area contributed by atoms with Crippen LogP contribution in [0.4, 0.5) is 0 Å². The summed E-state index contributed by atoms with van der Waals surface area (Å²) < 4.78 is 0. The molecule has 3 nitrogen and oxygen atoms in total. The third kappa shape index (κ3) is 2.88. The number of aromatic nitrogens is 1. The zero-order chi connectivity index (χ0) is 14.8. The Morgan fingerprint density at radius 1 is 1.29 bits per heavy atom. The molecule has 0 N–H and O–H groups in total. The molecule has 1 aromatic heterocycles. The van der Waals surface area contributed by atoms with E-state index in [0.717, 1.165) is 30.3 Å². The maximum Gasteiger partial charge on any atom is 0.254 e. The zero-order valence-electron chi connectivity index (χ0n) is 12.2. The van der Waals surface area contributed by atoms with E-state index in [2.05, 4.69) is 11.9 Å². The lowest BCUT2D eigenvalue weighted by Gasteiger charge is -2.27. The summed E-state index contributed by atoms with van der Waals surface area (Å²) in [6, 6.07) is 9.66. The van der Waals surface area contributed by atoms with Crippen molar-refractivity contribution in [2.24, 2.45) is 0 Å². The molecule has 4 heteroatoms. The van der Waals surface area contributed by atoms with E-state index in [1.807, 2.05) is 29.2 Å². The van der Waals surface area contributed by atoms with Crippen LogP contribution in [0.5, 0.6) is 0 Å². The Kier molecular flexibility index (Phi) is 4.11. The number of nitrogens with zero attached hydrogens (tertiary/aromatic N) is 2. The highest BCUT2D eigenvalue weighted by Gasteiger charge is 2.24. The van der Waals surface area contributed by atoms with Crippen molar-refractivity contribution < 1.29 is 4.79 Å². The smallest absolute Gasteiger partial charge is 0.254 e. The Labute approximate surface area is 129 Å². The Hall–Kier alpha value is -1.61. The van der Waals surface area contributed by atoms with Gasteiger partial charge in [0.15, 0.2) is 0 Å². The van der Waals surface area contributed by atoms with Gasteiger partial charge in [-0.2, -0.15) is 0 Å². The highest BCUT2D eigenvalue weighted by Crippen LogP contribution is 2.25. The third-order valence-electron chi connectivity index (χ3n) is 4.23. The number of hydrogen-bond donors (Lipinski definition) is 0. The van der Waals surface area contributed by atoms with Crippen LogP contribution in [0, 0.1) is 0 Å². The van der Waals surface area contributed by atoms with Crippen molar-refractivity contribution in [3.63, 3.8) is 0 Å². The van der Waals surface area contributed by atoms with Gasteiger partial charge in [0.25, 0.3) is 5.91 Å². The highest BCUT2D eigenvalue weighted by atomic mass is 35.5. The first-order valence-electron chi connectivity index (χ1n) is 7.53. The van der Waals surface area contributed by atoms with E-state index >= 15 is 0 Å². The quantitative estimate of drug-likeness (QED) is 0.736. The van der Waals surface area contributed by atoms with Gasteiger partial charge >= 0.3 is 0 Å². The van der Waals surface area contributed by atoms with Gasteiger partial charge in [-0.15, -0.1) is 0 Å². The van der Waals surface area contributed by atoms with Crippen molar-refractivity contribution in [3.05, 3.63) is 41.0 Å². The molecular formula is C17H19ClN2O. The Bertz CT molecular complexity index is 671. The average Bonchev–Trinajstić information content (AvgIpc) is 2.70. The number of halogens is 1. The Morgan fingerprint density at radius 2 is 2.10 bits per heavy atom. The van der Waals surface area contributed by atoms with E-state index in [1.54, 1.807) is 6.07 Å². The molecule has 21 heavy (non-hydrogen) atoms. The van der Waals surface area contributed by atoms with Gasteiger partial charge in [-0.25, -0.2) is 4.98 Å². The molecule has 1 saturated heterocycles. The second kappa shape index (κ2) is 6.02. The molecule has 1 atom stereocenters. The van der Waals surface area contributed by atoms with Crippen molar-refractivity contribution in [3.8, 4) is 0 Å². The van der Waals surface area contributed by atoms with Crippen LogP contribution < -0.4 is 0 Å². The van der Waals surface area contributed by atoms with E-state index in [-0.39, 0.29) is 11.9 Å². The molecule has 1 fully saturated rings. The number of pyridine rings is 1. The van der Waals surface area contributed by atoms with Crippen LogP contribution in [0.15, 0.2) is 30.3 Å². The monoisotopic (exact) mass is 302 g/mol. The second-order valence-electron chi connectivity index (χ2n) is 5.71. The standard InChI is InChI=1S/C17H19ClN2O/c1-12-7-3-2-6-10-20(12)17(21)14-11-16(18)19-15-9-5-4-8-13(14)15/h4-5,8-9,11-12H,2-3,6-7,10H2,1H3. The molecule has 1 aliphatic heterocycles. The molecule has 0 bridgehead atoms. The lowest BCUT2D eigenvalue weighted by atomic mass is 10.1. The molecule has 0 spiro atoms. The van der Waals surface area contributed by atoms with Crippen LogP contribution in [0.2, 0.25) is 5.15 Å². The van der Waals surface area contributed by atoms with Gasteiger partial charge in [0.2, 0.25) is 0 Å². The molecule has 3 rings (SSSR count). The Morgan fingerprint density at radius 3 is 2.95 bits per heavy atom. The van der Waals surface area contributed by atoms with Crippen LogP contribution in [0.25, 0.3) is 10.9 Å². The topological polar surface area (TPSA) is 33.2 Å². The van der Waals surface area contributed by atoms with Gasteiger partial charge in [-0.05, 0) is 31.9 Å². The number of benzene rings is 1. The van der Waals surface area contributed by atoms with Gasteiger partial charge in [0, 0.05) is 18.0 Å². The number of carbonyl (C=O) groups excluding carboxylic acids is 1. The minimum absolute atomic E-state index is 0.0740. The summed E-state index contributed by atoms with van der Waals surface area (Å²) in [6.07, 6.45) is 4.55. The minimum atomic E-state index is 0.0740. The molecule has 1 aliphatic rings. The molecule has 1 amide bonds. The van der Waals surface area contributed by atoms with Crippen LogP contribution in [-0.4, -0.2) is 28.4 Å². The lowest BCUT2D eigenvalue weighted by Crippen LogP contribution is -2.38. The van der Waals surface area contributed by atoms with Gasteiger partial charge in [-0.3, -0.25) is 4.79 Å². The van der Waals surface area contributed by atoms with Crippen LogP contribution in [-0.2, 0) is 0 Å². The number of amides is 1.